The number of rotatable bonds is 3. The van der Waals surface area contributed by atoms with E-state index < -0.39 is 0 Å². The molecule has 0 radical (unpaired) electrons. The summed E-state index contributed by atoms with van der Waals surface area (Å²) in [6, 6.07) is 0. The van der Waals surface area contributed by atoms with E-state index in [1.54, 1.807) is 0 Å². The van der Waals surface area contributed by atoms with Crippen LogP contribution in [0.1, 0.15) is 38.1 Å². The lowest BCUT2D eigenvalue weighted by atomic mass is 10.1. The molecule has 1 aliphatic carbocycles. The second-order valence-corrected chi connectivity index (χ2v) is 8.63. The van der Waals surface area contributed by atoms with Gasteiger partial charge in [0.1, 0.15) is 11.2 Å². The van der Waals surface area contributed by atoms with E-state index in [4.69, 9.17) is 0 Å². The fourth-order valence-corrected chi connectivity index (χ4v) is 4.34. The van der Waals surface area contributed by atoms with Gasteiger partial charge in [0.2, 0.25) is 5.91 Å². The quantitative estimate of drug-likeness (QED) is 0.867. The van der Waals surface area contributed by atoms with Crippen molar-refractivity contribution < 1.29 is 4.79 Å². The molecular formula is C18H23N3O2S. The molecule has 3 rings (SSSR count). The number of amides is 1. The summed E-state index contributed by atoms with van der Waals surface area (Å²) in [5, 5.41) is 0.594. The van der Waals surface area contributed by atoms with Crippen LogP contribution in [0.15, 0.2) is 22.8 Å². The van der Waals surface area contributed by atoms with Gasteiger partial charge < -0.3 is 0 Å². The van der Waals surface area contributed by atoms with Crippen LogP contribution in [0.25, 0.3) is 10.2 Å². The van der Waals surface area contributed by atoms with Crippen molar-refractivity contribution in [1.29, 1.82) is 0 Å². The third-order valence-electron chi connectivity index (χ3n) is 5.03. The summed E-state index contributed by atoms with van der Waals surface area (Å²) in [5.41, 5.74) is 4.57. The van der Waals surface area contributed by atoms with Crippen molar-refractivity contribution in [2.45, 2.75) is 41.5 Å². The Morgan fingerprint density at radius 2 is 2.04 bits per heavy atom. The molecule has 0 unspecified atom stereocenters. The molecule has 2 heterocycles. The van der Waals surface area contributed by atoms with Gasteiger partial charge >= 0.3 is 0 Å². The van der Waals surface area contributed by atoms with Crippen LogP contribution in [0, 0.1) is 31.1 Å². The van der Waals surface area contributed by atoms with E-state index >= 15 is 0 Å². The van der Waals surface area contributed by atoms with Crippen LogP contribution in [0.4, 0.5) is 0 Å². The number of nitrogens with zero attached hydrogens (tertiary/aromatic N) is 2. The van der Waals surface area contributed by atoms with Gasteiger partial charge in [-0.05, 0) is 44.6 Å². The predicted octanol–water partition coefficient (Wildman–Crippen LogP) is 3.38. The van der Waals surface area contributed by atoms with Gasteiger partial charge in [0, 0.05) is 4.88 Å². The Hall–Kier alpha value is -1.95. The first-order valence-corrected chi connectivity index (χ1v) is 8.89. The third kappa shape index (κ3) is 2.59. The Morgan fingerprint density at radius 3 is 2.67 bits per heavy atom. The van der Waals surface area contributed by atoms with Gasteiger partial charge in [-0.15, -0.1) is 11.3 Å². The highest BCUT2D eigenvalue weighted by atomic mass is 32.1. The Bertz CT molecular complexity index is 916. The number of hydrogen-bond donors (Lipinski definition) is 1. The Balaban J connectivity index is 1.90. The minimum Gasteiger partial charge on any atom is -0.273 e. The molecule has 1 amide bonds. The molecule has 0 aliphatic heterocycles. The number of aryl methyl sites for hydroxylation is 2. The number of fused-ring (bicyclic) bond motifs is 1. The summed E-state index contributed by atoms with van der Waals surface area (Å²) in [6.45, 7) is 12.1. The Labute approximate surface area is 145 Å². The van der Waals surface area contributed by atoms with Gasteiger partial charge in [0.15, 0.2) is 0 Å². The molecule has 0 spiro atoms. The minimum absolute atomic E-state index is 0.0859. The molecule has 24 heavy (non-hydrogen) atoms. The maximum Gasteiger partial charge on any atom is 0.281 e. The van der Waals surface area contributed by atoms with Crippen LogP contribution in [0.3, 0.4) is 0 Å². The molecule has 1 fully saturated rings. The smallest absolute Gasteiger partial charge is 0.273 e. The third-order valence-corrected chi connectivity index (χ3v) is 6.14. The number of nitrogens with one attached hydrogen (secondary N) is 1. The second kappa shape index (κ2) is 5.55. The first-order chi connectivity index (χ1) is 11.1. The first-order valence-electron chi connectivity index (χ1n) is 8.08. The molecule has 0 saturated heterocycles. The van der Waals surface area contributed by atoms with Crippen molar-refractivity contribution in [3.63, 3.8) is 0 Å². The number of hydrogen-bond acceptors (Lipinski definition) is 4. The van der Waals surface area contributed by atoms with E-state index in [9.17, 15) is 9.59 Å². The number of thiophene rings is 1. The average molecular weight is 345 g/mol. The summed E-state index contributed by atoms with van der Waals surface area (Å²) in [6.07, 6.45) is 3.55. The van der Waals surface area contributed by atoms with E-state index in [1.165, 1.54) is 27.9 Å². The number of allylic oxidation sites excluding steroid dienone is 2. The maximum absolute atomic E-state index is 12.7. The summed E-state index contributed by atoms with van der Waals surface area (Å²) in [4.78, 5) is 31.4. The maximum atomic E-state index is 12.7. The van der Waals surface area contributed by atoms with Gasteiger partial charge in [-0.2, -0.15) is 0 Å². The van der Waals surface area contributed by atoms with Gasteiger partial charge in [0.25, 0.3) is 5.56 Å². The van der Waals surface area contributed by atoms with Gasteiger partial charge in [0.05, 0.1) is 11.3 Å². The highest BCUT2D eigenvalue weighted by molar-refractivity contribution is 7.18. The number of aromatic nitrogens is 2. The van der Waals surface area contributed by atoms with E-state index in [-0.39, 0.29) is 28.7 Å². The highest BCUT2D eigenvalue weighted by Gasteiger charge is 2.60. The van der Waals surface area contributed by atoms with Gasteiger partial charge in [-0.1, -0.05) is 25.5 Å². The number of carbonyl (C=O) groups is 1. The summed E-state index contributed by atoms with van der Waals surface area (Å²) in [7, 11) is 0. The molecule has 2 atom stereocenters. The Kier molecular flexibility index (Phi) is 3.91. The monoisotopic (exact) mass is 345 g/mol. The van der Waals surface area contributed by atoms with Crippen LogP contribution in [-0.2, 0) is 4.79 Å². The van der Waals surface area contributed by atoms with Crippen molar-refractivity contribution >= 4 is 27.5 Å². The normalized spacial score (nSPS) is 21.6. The molecule has 1 saturated carbocycles. The zero-order chi connectivity index (χ0) is 17.8. The molecule has 2 aromatic heterocycles. The largest absolute Gasteiger partial charge is 0.281 e. The van der Waals surface area contributed by atoms with E-state index in [0.29, 0.717) is 5.39 Å². The fourth-order valence-electron chi connectivity index (χ4n) is 3.35. The highest BCUT2D eigenvalue weighted by Crippen LogP contribution is 2.59. The zero-order valence-corrected chi connectivity index (χ0v) is 15.7. The molecule has 6 heteroatoms. The van der Waals surface area contributed by atoms with Crippen LogP contribution < -0.4 is 11.0 Å². The topological polar surface area (TPSA) is 64.0 Å². The lowest BCUT2D eigenvalue weighted by molar-refractivity contribution is -0.119. The van der Waals surface area contributed by atoms with Crippen LogP contribution in [0.5, 0.6) is 0 Å². The summed E-state index contributed by atoms with van der Waals surface area (Å²) >= 11 is 1.50. The first kappa shape index (κ1) is 16.9. The van der Waals surface area contributed by atoms with Gasteiger partial charge in [-0.25, -0.2) is 9.66 Å². The van der Waals surface area contributed by atoms with Crippen molar-refractivity contribution in [1.82, 2.24) is 9.66 Å². The fraction of sp³-hybridized carbons (Fsp3) is 0.500. The molecule has 0 aromatic carbocycles. The summed E-state index contributed by atoms with van der Waals surface area (Å²) < 4.78 is 1.22. The van der Waals surface area contributed by atoms with Crippen LogP contribution in [0.2, 0.25) is 0 Å². The van der Waals surface area contributed by atoms with E-state index in [2.05, 4.69) is 30.3 Å². The van der Waals surface area contributed by atoms with Crippen molar-refractivity contribution in [2.75, 3.05) is 5.43 Å². The average Bonchev–Trinajstić information content (AvgIpc) is 2.86. The molecule has 2 aromatic rings. The van der Waals surface area contributed by atoms with E-state index in [0.717, 1.165) is 15.3 Å². The van der Waals surface area contributed by atoms with Gasteiger partial charge in [-0.3, -0.25) is 15.0 Å². The van der Waals surface area contributed by atoms with E-state index in [1.807, 2.05) is 27.7 Å². The van der Waals surface area contributed by atoms with Crippen molar-refractivity contribution in [3.8, 4) is 0 Å². The van der Waals surface area contributed by atoms with Crippen LogP contribution in [-0.4, -0.2) is 15.6 Å². The number of carbonyl (C=O) groups excluding carboxylic acids is 1. The molecule has 1 N–H and O–H groups in total. The molecule has 1 aliphatic rings. The Morgan fingerprint density at radius 1 is 1.38 bits per heavy atom. The predicted molar refractivity (Wildman–Crippen MR) is 97.9 cm³/mol. The molecule has 128 valence electrons. The summed E-state index contributed by atoms with van der Waals surface area (Å²) in [5.74, 6) is -0.0457. The SMILES string of the molecule is CC(C)=C[C@H]1[C@H](C(=O)Nn2cnc3sc(C)c(C)c3c2=O)C1(C)C. The minimum atomic E-state index is -0.215. The lowest BCUT2D eigenvalue weighted by Gasteiger charge is -2.08. The molecular weight excluding hydrogens is 322 g/mol. The van der Waals surface area contributed by atoms with Crippen molar-refractivity contribution in [3.05, 3.63) is 38.8 Å². The lowest BCUT2D eigenvalue weighted by Crippen LogP contribution is -2.34. The second-order valence-electron chi connectivity index (χ2n) is 7.43. The molecule has 0 bridgehead atoms. The van der Waals surface area contributed by atoms with Crippen molar-refractivity contribution in [2.24, 2.45) is 17.3 Å². The zero-order valence-electron chi connectivity index (χ0n) is 14.9. The van der Waals surface area contributed by atoms with Crippen LogP contribution >= 0.6 is 11.3 Å². The standard InChI is InChI=1S/C18H23N3O2S/c1-9(2)7-12-14(18(12,5)6)15(22)20-21-8-19-16-13(17(21)23)10(3)11(4)24-16/h7-8,12,14H,1-6H3,(H,20,22)/t12-,14+/m0/s1. The molecule has 5 nitrogen and oxygen atoms in total.